The lowest BCUT2D eigenvalue weighted by Crippen LogP contribution is -2.57. The van der Waals surface area contributed by atoms with E-state index in [9.17, 15) is 4.79 Å². The molecule has 3 N–H and O–H groups in total. The monoisotopic (exact) mass is 285 g/mol. The quantitative estimate of drug-likeness (QED) is 0.735. The molecule has 5 nitrogen and oxygen atoms in total. The Morgan fingerprint density at radius 2 is 2.20 bits per heavy atom. The molecule has 5 heteroatoms. The second-order valence-corrected chi connectivity index (χ2v) is 5.88. The van der Waals surface area contributed by atoms with Crippen LogP contribution in [0.1, 0.15) is 46.5 Å². The molecule has 0 saturated carbocycles. The van der Waals surface area contributed by atoms with E-state index in [1.165, 1.54) is 0 Å². The van der Waals surface area contributed by atoms with Crippen molar-refractivity contribution in [3.8, 4) is 0 Å². The van der Waals surface area contributed by atoms with E-state index in [1.54, 1.807) is 7.11 Å². The summed E-state index contributed by atoms with van der Waals surface area (Å²) in [7, 11) is 1.75. The summed E-state index contributed by atoms with van der Waals surface area (Å²) in [5, 5.41) is 3.10. The molecule has 1 amide bonds. The van der Waals surface area contributed by atoms with Gasteiger partial charge in [-0.2, -0.15) is 0 Å². The van der Waals surface area contributed by atoms with Crippen molar-refractivity contribution >= 4 is 5.91 Å². The van der Waals surface area contributed by atoms with Gasteiger partial charge in [0.25, 0.3) is 0 Å². The van der Waals surface area contributed by atoms with Gasteiger partial charge in [0.2, 0.25) is 5.91 Å². The number of hydrogen-bond acceptors (Lipinski definition) is 4. The van der Waals surface area contributed by atoms with Crippen molar-refractivity contribution in [3.05, 3.63) is 0 Å². The van der Waals surface area contributed by atoms with E-state index in [0.29, 0.717) is 6.54 Å². The van der Waals surface area contributed by atoms with Crippen LogP contribution in [-0.4, -0.2) is 55.2 Å². The number of nitrogens with one attached hydrogen (secondary N) is 1. The Morgan fingerprint density at radius 3 is 2.75 bits per heavy atom. The van der Waals surface area contributed by atoms with Crippen molar-refractivity contribution in [1.29, 1.82) is 0 Å². The Morgan fingerprint density at radius 1 is 1.50 bits per heavy atom. The molecule has 1 fully saturated rings. The van der Waals surface area contributed by atoms with Crippen LogP contribution in [0.15, 0.2) is 0 Å². The van der Waals surface area contributed by atoms with Gasteiger partial charge in [0, 0.05) is 32.3 Å². The normalized spacial score (nSPS) is 27.1. The number of methoxy groups -OCH3 is 1. The lowest BCUT2D eigenvalue weighted by molar-refractivity contribution is -0.129. The maximum Gasteiger partial charge on any atom is 0.237 e. The van der Waals surface area contributed by atoms with Crippen molar-refractivity contribution < 1.29 is 9.53 Å². The second kappa shape index (κ2) is 8.60. The Balaban J connectivity index is 2.56. The molecule has 1 saturated heterocycles. The minimum Gasteiger partial charge on any atom is -0.381 e. The zero-order chi connectivity index (χ0) is 15.1. The number of amides is 1. The average Bonchev–Trinajstić information content (AvgIpc) is 2.45. The van der Waals surface area contributed by atoms with Gasteiger partial charge in [-0.25, -0.2) is 0 Å². The third kappa shape index (κ3) is 4.72. The molecule has 0 aromatic carbocycles. The second-order valence-electron chi connectivity index (χ2n) is 5.88. The molecule has 0 aliphatic carbocycles. The van der Waals surface area contributed by atoms with Crippen LogP contribution in [-0.2, 0) is 9.53 Å². The van der Waals surface area contributed by atoms with Crippen LogP contribution in [0.4, 0.5) is 0 Å². The van der Waals surface area contributed by atoms with Crippen molar-refractivity contribution in [2.45, 2.75) is 70.7 Å². The Labute approximate surface area is 123 Å². The summed E-state index contributed by atoms with van der Waals surface area (Å²) in [5.41, 5.74) is 5.87. The topological polar surface area (TPSA) is 67.6 Å². The Hall–Kier alpha value is -0.650. The summed E-state index contributed by atoms with van der Waals surface area (Å²) in [6.07, 6.45) is 4.25. The number of hydrogen-bond donors (Lipinski definition) is 2. The highest BCUT2D eigenvalue weighted by molar-refractivity contribution is 5.81. The lowest BCUT2D eigenvalue weighted by atomic mass is 9.97. The summed E-state index contributed by atoms with van der Waals surface area (Å²) in [4.78, 5) is 14.5. The molecule has 0 aromatic heterocycles. The van der Waals surface area contributed by atoms with Gasteiger partial charge in [-0.05, 0) is 33.1 Å². The summed E-state index contributed by atoms with van der Waals surface area (Å²) >= 11 is 0. The first-order chi connectivity index (χ1) is 9.53. The van der Waals surface area contributed by atoms with Gasteiger partial charge in [-0.15, -0.1) is 0 Å². The lowest BCUT2D eigenvalue weighted by Gasteiger charge is -2.41. The number of ether oxygens (including phenoxy) is 1. The first-order valence-electron chi connectivity index (χ1n) is 7.82. The van der Waals surface area contributed by atoms with Crippen molar-refractivity contribution in [2.75, 3.05) is 20.2 Å². The minimum atomic E-state index is -0.124. The predicted molar refractivity (Wildman–Crippen MR) is 81.6 cm³/mol. The molecular weight excluding hydrogens is 254 g/mol. The molecule has 4 atom stereocenters. The van der Waals surface area contributed by atoms with Gasteiger partial charge in [-0.1, -0.05) is 13.3 Å². The van der Waals surface area contributed by atoms with Gasteiger partial charge in [0.05, 0.1) is 12.1 Å². The fraction of sp³-hybridized carbons (Fsp3) is 0.933. The number of carbonyl (C=O) groups excluding carboxylic acids is 1. The van der Waals surface area contributed by atoms with E-state index in [4.69, 9.17) is 10.5 Å². The molecule has 118 valence electrons. The molecule has 4 unspecified atom stereocenters. The maximum atomic E-state index is 12.3. The van der Waals surface area contributed by atoms with E-state index in [1.807, 2.05) is 6.92 Å². The number of rotatable bonds is 7. The first-order valence-corrected chi connectivity index (χ1v) is 7.82. The van der Waals surface area contributed by atoms with Gasteiger partial charge in [0.15, 0.2) is 0 Å². The fourth-order valence-corrected chi connectivity index (χ4v) is 3.01. The van der Waals surface area contributed by atoms with Gasteiger partial charge >= 0.3 is 0 Å². The predicted octanol–water partition coefficient (Wildman–Crippen LogP) is 1.12. The van der Waals surface area contributed by atoms with E-state index < -0.39 is 0 Å². The number of nitrogens with two attached hydrogens (primary N) is 1. The van der Waals surface area contributed by atoms with E-state index in [0.717, 1.165) is 32.2 Å². The van der Waals surface area contributed by atoms with Crippen LogP contribution in [0.3, 0.4) is 0 Å². The van der Waals surface area contributed by atoms with Crippen molar-refractivity contribution in [1.82, 2.24) is 10.2 Å². The van der Waals surface area contributed by atoms with Gasteiger partial charge in [0.1, 0.15) is 0 Å². The van der Waals surface area contributed by atoms with Gasteiger partial charge < -0.3 is 15.8 Å². The van der Waals surface area contributed by atoms with Crippen LogP contribution in [0.25, 0.3) is 0 Å². The molecule has 1 aliphatic heterocycles. The zero-order valence-corrected chi connectivity index (χ0v) is 13.4. The molecule has 0 radical (unpaired) electrons. The third-order valence-corrected chi connectivity index (χ3v) is 4.31. The highest BCUT2D eigenvalue weighted by Gasteiger charge is 2.33. The molecule has 1 aliphatic rings. The number of nitrogens with zero attached hydrogens (tertiary/aromatic N) is 1. The molecular formula is C15H31N3O2. The molecule has 0 bridgehead atoms. The number of piperidine rings is 1. The summed E-state index contributed by atoms with van der Waals surface area (Å²) in [6, 6.07) is 0.347. The third-order valence-electron chi connectivity index (χ3n) is 4.31. The highest BCUT2D eigenvalue weighted by Crippen LogP contribution is 2.21. The summed E-state index contributed by atoms with van der Waals surface area (Å²) in [5.74, 6) is 0.111. The molecule has 1 rings (SSSR count). The van der Waals surface area contributed by atoms with Gasteiger partial charge in [-0.3, -0.25) is 9.69 Å². The smallest absolute Gasteiger partial charge is 0.237 e. The number of carbonyl (C=O) groups is 1. The first kappa shape index (κ1) is 17.4. The van der Waals surface area contributed by atoms with E-state index in [-0.39, 0.29) is 30.1 Å². The molecule has 0 aromatic rings. The number of likely N-dealkylation sites (tertiary alicyclic amines) is 1. The standard InChI is InChI=1S/C15H31N3O2/c1-5-6-11(2)17-15(19)12(3)18-8-7-14(20-4)9-13(18)10-16/h11-14H,5-10,16H2,1-4H3,(H,17,19). The Kier molecular flexibility index (Phi) is 7.48. The highest BCUT2D eigenvalue weighted by atomic mass is 16.5. The SMILES string of the molecule is CCCC(C)NC(=O)C(C)N1CCC(OC)CC1CN. The van der Waals surface area contributed by atoms with E-state index >= 15 is 0 Å². The Bertz CT molecular complexity index is 299. The average molecular weight is 285 g/mol. The van der Waals surface area contributed by atoms with Crippen LogP contribution in [0, 0.1) is 0 Å². The van der Waals surface area contributed by atoms with Crippen LogP contribution < -0.4 is 11.1 Å². The van der Waals surface area contributed by atoms with Crippen LogP contribution in [0.2, 0.25) is 0 Å². The molecule has 1 heterocycles. The van der Waals surface area contributed by atoms with Crippen molar-refractivity contribution in [3.63, 3.8) is 0 Å². The fourth-order valence-electron chi connectivity index (χ4n) is 3.01. The van der Waals surface area contributed by atoms with Crippen LogP contribution >= 0.6 is 0 Å². The van der Waals surface area contributed by atoms with E-state index in [2.05, 4.69) is 24.1 Å². The summed E-state index contributed by atoms with van der Waals surface area (Å²) in [6.45, 7) is 7.61. The van der Waals surface area contributed by atoms with Crippen LogP contribution in [0.5, 0.6) is 0 Å². The molecule has 20 heavy (non-hydrogen) atoms. The maximum absolute atomic E-state index is 12.3. The summed E-state index contributed by atoms with van der Waals surface area (Å²) < 4.78 is 5.43. The van der Waals surface area contributed by atoms with Crippen molar-refractivity contribution in [2.24, 2.45) is 5.73 Å². The largest absolute Gasteiger partial charge is 0.381 e. The molecule has 0 spiro atoms. The minimum absolute atomic E-state index is 0.111. The zero-order valence-electron chi connectivity index (χ0n) is 13.4.